The molecule has 1 heterocycles. The summed E-state index contributed by atoms with van der Waals surface area (Å²) in [7, 11) is 3.20. The number of halogens is 1. The van der Waals surface area contributed by atoms with Crippen molar-refractivity contribution in [1.82, 2.24) is 10.6 Å². The molecule has 2 atom stereocenters. The van der Waals surface area contributed by atoms with Crippen molar-refractivity contribution in [2.24, 2.45) is 5.92 Å². The van der Waals surface area contributed by atoms with Crippen molar-refractivity contribution < 1.29 is 14.3 Å². The van der Waals surface area contributed by atoms with Crippen LogP contribution in [0.1, 0.15) is 25.3 Å². The van der Waals surface area contributed by atoms with Gasteiger partial charge in [-0.3, -0.25) is 4.79 Å². The van der Waals surface area contributed by atoms with Crippen molar-refractivity contribution >= 4 is 21.8 Å². The molecule has 1 fully saturated rings. The topological polar surface area (TPSA) is 59.6 Å². The van der Waals surface area contributed by atoms with Gasteiger partial charge in [0, 0.05) is 23.0 Å². The number of hydrogen-bond acceptors (Lipinski definition) is 4. The van der Waals surface area contributed by atoms with E-state index in [0.717, 1.165) is 29.4 Å². The van der Waals surface area contributed by atoms with E-state index in [0.29, 0.717) is 24.1 Å². The molecule has 0 saturated carbocycles. The Morgan fingerprint density at radius 3 is 2.68 bits per heavy atom. The molecule has 6 heteroatoms. The fraction of sp³-hybridized carbons (Fsp3) is 0.562. The fourth-order valence-electron chi connectivity index (χ4n) is 2.73. The predicted molar refractivity (Wildman–Crippen MR) is 89.3 cm³/mol. The van der Waals surface area contributed by atoms with Crippen molar-refractivity contribution in [3.8, 4) is 11.5 Å². The first-order valence-corrected chi connectivity index (χ1v) is 8.26. The molecular formula is C16H23BrN2O3. The number of carbonyl (C=O) groups excluding carboxylic acids is 1. The Morgan fingerprint density at radius 2 is 2.05 bits per heavy atom. The molecule has 0 bridgehead atoms. The summed E-state index contributed by atoms with van der Waals surface area (Å²) in [5.74, 6) is 1.53. The molecule has 2 N–H and O–H groups in total. The highest BCUT2D eigenvalue weighted by Crippen LogP contribution is 2.33. The van der Waals surface area contributed by atoms with Crippen LogP contribution in [0.25, 0.3) is 0 Å². The second-order valence-electron chi connectivity index (χ2n) is 5.59. The molecule has 22 heavy (non-hydrogen) atoms. The van der Waals surface area contributed by atoms with Gasteiger partial charge in [-0.2, -0.15) is 0 Å². The van der Waals surface area contributed by atoms with E-state index >= 15 is 0 Å². The molecule has 2 rings (SSSR count). The van der Waals surface area contributed by atoms with Crippen molar-refractivity contribution in [3.05, 3.63) is 22.2 Å². The molecule has 0 radical (unpaired) electrons. The number of amides is 1. The zero-order valence-corrected chi connectivity index (χ0v) is 14.8. The van der Waals surface area contributed by atoms with Crippen LogP contribution >= 0.6 is 15.9 Å². The standard InChI is InChI=1S/C16H23BrN2O3/c1-10-6-11(4-5-18-10)16(20)19-9-12-7-14(21-2)15(22-3)8-13(12)17/h7-8,10-11,18H,4-6,9H2,1-3H3,(H,19,20)/t10-,11-/m0/s1. The SMILES string of the molecule is COc1cc(Br)c(CNC(=O)[C@H]2CCN[C@@H](C)C2)cc1OC. The summed E-state index contributed by atoms with van der Waals surface area (Å²) in [6, 6.07) is 4.14. The molecule has 1 aromatic carbocycles. The van der Waals surface area contributed by atoms with E-state index in [1.807, 2.05) is 12.1 Å². The van der Waals surface area contributed by atoms with Gasteiger partial charge in [0.05, 0.1) is 14.2 Å². The highest BCUT2D eigenvalue weighted by atomic mass is 79.9. The molecule has 0 aromatic heterocycles. The molecular weight excluding hydrogens is 348 g/mol. The minimum atomic E-state index is 0.0927. The Labute approximate surface area is 139 Å². The second-order valence-corrected chi connectivity index (χ2v) is 6.45. The van der Waals surface area contributed by atoms with Crippen LogP contribution in [0.4, 0.5) is 0 Å². The number of carbonyl (C=O) groups is 1. The smallest absolute Gasteiger partial charge is 0.223 e. The van der Waals surface area contributed by atoms with Gasteiger partial charge in [-0.25, -0.2) is 0 Å². The molecule has 1 aliphatic heterocycles. The molecule has 0 aliphatic carbocycles. The van der Waals surface area contributed by atoms with Gasteiger partial charge in [0.1, 0.15) is 0 Å². The number of nitrogens with one attached hydrogen (secondary N) is 2. The Kier molecular flexibility index (Phi) is 6.08. The third-order valence-corrected chi connectivity index (χ3v) is 4.74. The van der Waals surface area contributed by atoms with Crippen LogP contribution in [0.15, 0.2) is 16.6 Å². The highest BCUT2D eigenvalue weighted by Gasteiger charge is 2.24. The normalized spacial score (nSPS) is 21.3. The summed E-state index contributed by atoms with van der Waals surface area (Å²) in [5, 5.41) is 6.39. The van der Waals surface area contributed by atoms with Crippen molar-refractivity contribution in [1.29, 1.82) is 0 Å². The fourth-order valence-corrected chi connectivity index (χ4v) is 3.19. The number of piperidine rings is 1. The van der Waals surface area contributed by atoms with Crippen LogP contribution in [0, 0.1) is 5.92 Å². The lowest BCUT2D eigenvalue weighted by atomic mass is 9.92. The summed E-state index contributed by atoms with van der Waals surface area (Å²) in [5.41, 5.74) is 0.966. The van der Waals surface area contributed by atoms with E-state index in [2.05, 4.69) is 33.5 Å². The first-order valence-electron chi connectivity index (χ1n) is 7.46. The zero-order chi connectivity index (χ0) is 16.1. The molecule has 0 spiro atoms. The van der Waals surface area contributed by atoms with E-state index in [1.54, 1.807) is 14.2 Å². The van der Waals surface area contributed by atoms with Crippen LogP contribution < -0.4 is 20.1 Å². The first kappa shape index (κ1) is 17.1. The first-order chi connectivity index (χ1) is 10.5. The largest absolute Gasteiger partial charge is 0.493 e. The van der Waals surface area contributed by atoms with Crippen LogP contribution in [-0.4, -0.2) is 32.7 Å². The van der Waals surface area contributed by atoms with Crippen LogP contribution in [0.3, 0.4) is 0 Å². The van der Waals surface area contributed by atoms with Crippen molar-refractivity contribution in [2.45, 2.75) is 32.4 Å². The number of ether oxygens (including phenoxy) is 2. The maximum atomic E-state index is 12.3. The number of rotatable bonds is 5. The summed E-state index contributed by atoms with van der Waals surface area (Å²) in [4.78, 5) is 12.3. The van der Waals surface area contributed by atoms with Crippen LogP contribution in [0.5, 0.6) is 11.5 Å². The van der Waals surface area contributed by atoms with E-state index in [9.17, 15) is 4.79 Å². The molecule has 0 unspecified atom stereocenters. The van der Waals surface area contributed by atoms with Gasteiger partial charge >= 0.3 is 0 Å². The lowest BCUT2D eigenvalue weighted by molar-refractivity contribution is -0.126. The lowest BCUT2D eigenvalue weighted by Gasteiger charge is -2.27. The number of hydrogen-bond donors (Lipinski definition) is 2. The average Bonchev–Trinajstić information content (AvgIpc) is 2.53. The lowest BCUT2D eigenvalue weighted by Crippen LogP contribution is -2.42. The van der Waals surface area contributed by atoms with Gasteiger partial charge in [0.25, 0.3) is 0 Å². The molecule has 1 aromatic rings. The monoisotopic (exact) mass is 370 g/mol. The summed E-state index contributed by atoms with van der Waals surface area (Å²) in [6.45, 7) is 3.49. The number of methoxy groups -OCH3 is 2. The Bertz CT molecular complexity index is 536. The predicted octanol–water partition coefficient (Wildman–Crippen LogP) is 2.47. The van der Waals surface area contributed by atoms with E-state index in [1.165, 1.54) is 0 Å². The minimum Gasteiger partial charge on any atom is -0.493 e. The van der Waals surface area contributed by atoms with Crippen LogP contribution in [-0.2, 0) is 11.3 Å². The summed E-state index contributed by atoms with van der Waals surface area (Å²) >= 11 is 3.51. The third kappa shape index (κ3) is 4.14. The van der Waals surface area contributed by atoms with Crippen molar-refractivity contribution in [3.63, 3.8) is 0 Å². The average molecular weight is 371 g/mol. The van der Waals surface area contributed by atoms with Gasteiger partial charge in [0.15, 0.2) is 11.5 Å². The quantitative estimate of drug-likeness (QED) is 0.835. The summed E-state index contributed by atoms with van der Waals surface area (Å²) in [6.07, 6.45) is 1.78. The molecule has 122 valence electrons. The van der Waals surface area contributed by atoms with Gasteiger partial charge in [-0.1, -0.05) is 15.9 Å². The summed E-state index contributed by atoms with van der Waals surface area (Å²) < 4.78 is 11.5. The molecule has 1 saturated heterocycles. The molecule has 1 aliphatic rings. The van der Waals surface area contributed by atoms with E-state index in [-0.39, 0.29) is 11.8 Å². The second kappa shape index (κ2) is 7.83. The Morgan fingerprint density at radius 1 is 1.36 bits per heavy atom. The third-order valence-electron chi connectivity index (χ3n) is 4.00. The Balaban J connectivity index is 2.00. The maximum Gasteiger partial charge on any atom is 0.223 e. The molecule has 1 amide bonds. The Hall–Kier alpha value is -1.27. The van der Waals surface area contributed by atoms with Gasteiger partial charge in [-0.15, -0.1) is 0 Å². The van der Waals surface area contributed by atoms with Gasteiger partial charge in [0.2, 0.25) is 5.91 Å². The van der Waals surface area contributed by atoms with Gasteiger partial charge < -0.3 is 20.1 Å². The maximum absolute atomic E-state index is 12.3. The highest BCUT2D eigenvalue weighted by molar-refractivity contribution is 9.10. The van der Waals surface area contributed by atoms with Gasteiger partial charge in [-0.05, 0) is 44.0 Å². The van der Waals surface area contributed by atoms with Crippen molar-refractivity contribution in [2.75, 3.05) is 20.8 Å². The zero-order valence-electron chi connectivity index (χ0n) is 13.2. The molecule has 5 nitrogen and oxygen atoms in total. The number of benzene rings is 1. The van der Waals surface area contributed by atoms with E-state index in [4.69, 9.17) is 9.47 Å². The van der Waals surface area contributed by atoms with Crippen LogP contribution in [0.2, 0.25) is 0 Å². The minimum absolute atomic E-state index is 0.0927. The van der Waals surface area contributed by atoms with E-state index < -0.39 is 0 Å².